The first-order valence-electron chi connectivity index (χ1n) is 9.12. The van der Waals surface area contributed by atoms with Crippen molar-refractivity contribution in [3.63, 3.8) is 0 Å². The van der Waals surface area contributed by atoms with Crippen LogP contribution in [0.2, 0.25) is 5.02 Å². The number of thioether (sulfide) groups is 1. The summed E-state index contributed by atoms with van der Waals surface area (Å²) in [6.07, 6.45) is -1.70. The Balaban J connectivity index is 1.46. The largest absolute Gasteiger partial charge is 0.492 e. The lowest BCUT2D eigenvalue weighted by atomic mass is 10.0. The number of ether oxygens (including phenoxy) is 2. The summed E-state index contributed by atoms with van der Waals surface area (Å²) in [5.74, 6) is 1.08. The Kier molecular flexibility index (Phi) is 5.84. The maximum atomic E-state index is 13.6. The summed E-state index contributed by atoms with van der Waals surface area (Å²) in [7, 11) is 0. The summed E-state index contributed by atoms with van der Waals surface area (Å²) in [6, 6.07) is 11.5. The van der Waals surface area contributed by atoms with E-state index in [9.17, 15) is 18.0 Å². The molecule has 0 radical (unpaired) electrons. The number of aldehydes is 1. The molecule has 0 aliphatic carbocycles. The minimum atomic E-state index is -4.42. The first-order chi connectivity index (χ1) is 14.3. The van der Waals surface area contributed by atoms with Crippen LogP contribution in [0.25, 0.3) is 11.6 Å². The third-order valence-corrected chi connectivity index (χ3v) is 6.35. The summed E-state index contributed by atoms with van der Waals surface area (Å²) in [6.45, 7) is 0.303. The van der Waals surface area contributed by atoms with Crippen molar-refractivity contribution in [1.82, 2.24) is 0 Å². The molecule has 2 heterocycles. The Bertz CT molecular complexity index is 1030. The van der Waals surface area contributed by atoms with Crippen molar-refractivity contribution in [2.45, 2.75) is 17.8 Å². The van der Waals surface area contributed by atoms with Gasteiger partial charge in [-0.05, 0) is 47.9 Å². The van der Waals surface area contributed by atoms with Gasteiger partial charge in [-0.25, -0.2) is 0 Å². The lowest BCUT2D eigenvalue weighted by Gasteiger charge is -2.17. The van der Waals surface area contributed by atoms with Gasteiger partial charge in [0.1, 0.15) is 31.0 Å². The highest BCUT2D eigenvalue weighted by Gasteiger charge is 2.43. The number of hydrogen-bond acceptors (Lipinski definition) is 4. The molecule has 2 aliphatic rings. The molecular weight excluding hydrogens is 437 g/mol. The molecule has 0 bridgehead atoms. The summed E-state index contributed by atoms with van der Waals surface area (Å²) < 4.78 is 52.0. The fourth-order valence-electron chi connectivity index (χ4n) is 3.34. The fraction of sp³-hybridized carbons (Fsp3) is 0.227. The predicted octanol–water partition coefficient (Wildman–Crippen LogP) is 6.17. The second kappa shape index (κ2) is 8.40. The number of allylic oxidation sites excluding steroid dienone is 2. The van der Waals surface area contributed by atoms with Gasteiger partial charge in [0.2, 0.25) is 0 Å². The van der Waals surface area contributed by atoms with E-state index in [2.05, 4.69) is 0 Å². The summed E-state index contributed by atoms with van der Waals surface area (Å²) >= 11 is 6.66. The Morgan fingerprint density at radius 2 is 1.97 bits per heavy atom. The third kappa shape index (κ3) is 4.52. The number of rotatable bonds is 5. The van der Waals surface area contributed by atoms with E-state index < -0.39 is 11.1 Å². The normalized spacial score (nSPS) is 18.5. The smallest absolute Gasteiger partial charge is 0.422 e. The number of benzene rings is 2. The molecule has 1 atom stereocenters. The topological polar surface area (TPSA) is 35.5 Å². The number of halogens is 4. The molecule has 2 aromatic carbocycles. The highest BCUT2D eigenvalue weighted by Crippen LogP contribution is 2.50. The molecule has 0 spiro atoms. The van der Waals surface area contributed by atoms with Gasteiger partial charge in [0, 0.05) is 27.5 Å². The van der Waals surface area contributed by atoms with Crippen molar-refractivity contribution < 1.29 is 27.4 Å². The highest BCUT2D eigenvalue weighted by atomic mass is 35.5. The van der Waals surface area contributed by atoms with Gasteiger partial charge in [0.15, 0.2) is 0 Å². The van der Waals surface area contributed by atoms with Crippen LogP contribution in [-0.4, -0.2) is 30.9 Å². The maximum Gasteiger partial charge on any atom is 0.422 e. The van der Waals surface area contributed by atoms with Gasteiger partial charge in [-0.2, -0.15) is 13.2 Å². The minimum absolute atomic E-state index is 0.121. The van der Waals surface area contributed by atoms with Crippen LogP contribution in [0.5, 0.6) is 11.5 Å². The Hall–Kier alpha value is -2.38. The van der Waals surface area contributed by atoms with Crippen LogP contribution < -0.4 is 9.47 Å². The quantitative estimate of drug-likeness (QED) is 0.508. The maximum absolute atomic E-state index is 13.6. The van der Waals surface area contributed by atoms with Crippen molar-refractivity contribution in [2.24, 2.45) is 0 Å². The molecule has 3 nitrogen and oxygen atoms in total. The van der Waals surface area contributed by atoms with Crippen molar-refractivity contribution in [3.05, 3.63) is 69.1 Å². The van der Waals surface area contributed by atoms with E-state index in [1.807, 2.05) is 0 Å². The number of fused-ring (bicyclic) bond motifs is 1. The van der Waals surface area contributed by atoms with Crippen LogP contribution in [-0.2, 0) is 4.79 Å². The minimum Gasteiger partial charge on any atom is -0.492 e. The molecular formula is C22H16ClF3O3S. The van der Waals surface area contributed by atoms with Crippen molar-refractivity contribution in [2.75, 3.05) is 13.2 Å². The van der Waals surface area contributed by atoms with Crippen molar-refractivity contribution >= 4 is 41.3 Å². The van der Waals surface area contributed by atoms with Gasteiger partial charge >= 0.3 is 6.18 Å². The van der Waals surface area contributed by atoms with Gasteiger partial charge < -0.3 is 9.47 Å². The predicted molar refractivity (Wildman–Crippen MR) is 112 cm³/mol. The highest BCUT2D eigenvalue weighted by molar-refractivity contribution is 8.04. The van der Waals surface area contributed by atoms with Crippen LogP contribution >= 0.6 is 23.4 Å². The number of hydrogen-bond donors (Lipinski definition) is 0. The molecule has 0 saturated heterocycles. The summed E-state index contributed by atoms with van der Waals surface area (Å²) in [5, 5.41) is 0.106. The zero-order valence-corrected chi connectivity index (χ0v) is 17.1. The zero-order chi connectivity index (χ0) is 21.3. The molecule has 30 heavy (non-hydrogen) atoms. The van der Waals surface area contributed by atoms with Crippen molar-refractivity contribution in [1.29, 1.82) is 0 Å². The lowest BCUT2D eigenvalue weighted by molar-refractivity contribution is -0.105. The molecule has 156 valence electrons. The van der Waals surface area contributed by atoms with Crippen LogP contribution in [0.4, 0.5) is 13.2 Å². The Morgan fingerprint density at radius 3 is 2.67 bits per heavy atom. The van der Waals surface area contributed by atoms with E-state index in [4.69, 9.17) is 21.1 Å². The number of carbonyl (C=O) groups excluding carboxylic acids is 1. The molecule has 0 fully saturated rings. The first-order valence-corrected chi connectivity index (χ1v) is 10.4. The van der Waals surface area contributed by atoms with E-state index >= 15 is 0 Å². The molecule has 8 heteroatoms. The first kappa shape index (κ1) is 20.9. The van der Waals surface area contributed by atoms with Gasteiger partial charge in [-0.1, -0.05) is 23.7 Å². The van der Waals surface area contributed by atoms with E-state index in [1.54, 1.807) is 48.5 Å². The van der Waals surface area contributed by atoms with Crippen LogP contribution in [0, 0.1) is 0 Å². The van der Waals surface area contributed by atoms with Crippen LogP contribution in [0.1, 0.15) is 17.5 Å². The molecule has 2 aliphatic heterocycles. The van der Waals surface area contributed by atoms with Gasteiger partial charge in [0.05, 0.1) is 4.91 Å². The zero-order valence-electron chi connectivity index (χ0n) is 15.5. The molecule has 0 amide bonds. The van der Waals surface area contributed by atoms with E-state index in [-0.39, 0.29) is 30.5 Å². The van der Waals surface area contributed by atoms with Crippen LogP contribution in [0.15, 0.2) is 52.9 Å². The van der Waals surface area contributed by atoms with Gasteiger partial charge in [0.25, 0.3) is 0 Å². The fourth-order valence-corrected chi connectivity index (χ4v) is 4.66. The molecule has 0 aromatic heterocycles. The standard InChI is InChI=1S/C22H16ClF3O3S/c23-16-4-1-14(2-5-16)19-9-18(30-21(19)22(24,25)26)12-28-17-6-3-15-7-13(10-27)11-29-20(15)8-17/h1-8,10,18H,9,11-12H2. The van der Waals surface area contributed by atoms with Gasteiger partial charge in [-0.3, -0.25) is 4.79 Å². The second-order valence-electron chi connectivity index (χ2n) is 6.89. The van der Waals surface area contributed by atoms with E-state index in [0.717, 1.165) is 23.6 Å². The number of carbonyl (C=O) groups is 1. The molecule has 1 unspecified atom stereocenters. The monoisotopic (exact) mass is 452 g/mol. The average Bonchev–Trinajstić information content (AvgIpc) is 3.17. The molecule has 0 N–H and O–H groups in total. The van der Waals surface area contributed by atoms with E-state index in [0.29, 0.717) is 27.7 Å². The Labute approximate surface area is 180 Å². The Morgan fingerprint density at radius 1 is 1.20 bits per heavy atom. The second-order valence-corrected chi connectivity index (χ2v) is 8.64. The SMILES string of the molecule is O=CC1=Cc2ccc(OCC3CC(c4ccc(Cl)cc4)=C(C(F)(F)F)S3)cc2OC1. The van der Waals surface area contributed by atoms with Gasteiger partial charge in [-0.15, -0.1) is 11.8 Å². The van der Waals surface area contributed by atoms with Crippen LogP contribution in [0.3, 0.4) is 0 Å². The van der Waals surface area contributed by atoms with Crippen molar-refractivity contribution in [3.8, 4) is 11.5 Å². The summed E-state index contributed by atoms with van der Waals surface area (Å²) in [5.41, 5.74) is 2.08. The molecule has 2 aromatic rings. The molecule has 4 rings (SSSR count). The molecule has 0 saturated carbocycles. The van der Waals surface area contributed by atoms with E-state index in [1.165, 1.54) is 0 Å². The third-order valence-electron chi connectivity index (χ3n) is 4.75. The lowest BCUT2D eigenvalue weighted by Crippen LogP contribution is -2.14. The summed E-state index contributed by atoms with van der Waals surface area (Å²) in [4.78, 5) is 10.3. The average molecular weight is 453 g/mol. The number of alkyl halides is 3.